The van der Waals surface area contributed by atoms with Crippen molar-refractivity contribution in [2.24, 2.45) is 12.2 Å². The van der Waals surface area contributed by atoms with Gasteiger partial charge in [0.2, 0.25) is 0 Å². The van der Waals surface area contributed by atoms with E-state index in [1.165, 1.54) is 12.5 Å². The van der Waals surface area contributed by atoms with Gasteiger partial charge in [-0.2, -0.15) is 5.26 Å². The molecule has 2 N–H and O–H groups in total. The maximum absolute atomic E-state index is 9.13. The lowest BCUT2D eigenvalue weighted by Crippen LogP contribution is -2.00. The lowest BCUT2D eigenvalue weighted by molar-refractivity contribution is 0.318. The molecule has 0 radical (unpaired) electrons. The minimum Gasteiger partial charge on any atom is -0.411 e. The molecule has 4 aromatic rings. The Labute approximate surface area is 173 Å². The first-order valence-electron chi connectivity index (χ1n) is 9.52. The summed E-state index contributed by atoms with van der Waals surface area (Å²) >= 11 is 0. The van der Waals surface area contributed by atoms with E-state index >= 15 is 0 Å². The fraction of sp³-hybridized carbons (Fsp3) is 0.182. The van der Waals surface area contributed by atoms with Crippen LogP contribution in [0, 0.1) is 11.3 Å². The summed E-state index contributed by atoms with van der Waals surface area (Å²) in [5.74, 6) is 0.892. The number of hydrogen-bond acceptors (Lipinski definition) is 6. The molecule has 0 fully saturated rings. The number of hydrogen-bond donors (Lipinski definition) is 2. The predicted molar refractivity (Wildman–Crippen MR) is 115 cm³/mol. The number of fused-ring (bicyclic) bond motifs is 2. The smallest absolute Gasteiger partial charge is 0.157 e. The van der Waals surface area contributed by atoms with E-state index < -0.39 is 0 Å². The van der Waals surface area contributed by atoms with Crippen molar-refractivity contribution in [1.29, 1.82) is 5.26 Å². The lowest BCUT2D eigenvalue weighted by Gasteiger charge is -2.11. The standard InChI is InChI=1S/C20H18N6O.C2H3N/c1-25-9-2-3-17(25)19-20(26-10-8-21-12-18(26)23-19)22-14-5-6-15-13(11-14)4-7-16(15)24-27;1-2-3/h2-3,5-6,8-12,22,27H,4,7H2,1H3;1H3/b24-16+;. The van der Waals surface area contributed by atoms with Gasteiger partial charge in [-0.3, -0.25) is 9.38 Å². The molecule has 0 spiro atoms. The van der Waals surface area contributed by atoms with E-state index in [1.54, 1.807) is 18.5 Å². The SMILES string of the molecule is CC#N.Cn1cccc1-c1nc2cnccn2c1Nc1ccc2c(c1)CC/C2=N\O. The second kappa shape index (κ2) is 8.09. The number of nitrogens with zero attached hydrogens (tertiary/aromatic N) is 6. The van der Waals surface area contributed by atoms with E-state index in [-0.39, 0.29) is 0 Å². The highest BCUT2D eigenvalue weighted by Crippen LogP contribution is 2.32. The molecule has 3 heterocycles. The molecule has 0 bridgehead atoms. The van der Waals surface area contributed by atoms with Gasteiger partial charge in [0.25, 0.3) is 0 Å². The van der Waals surface area contributed by atoms with Crippen molar-refractivity contribution in [3.63, 3.8) is 0 Å². The topological polar surface area (TPSA) is 104 Å². The Hall–Kier alpha value is -4.12. The summed E-state index contributed by atoms with van der Waals surface area (Å²) in [6.07, 6.45) is 9.07. The van der Waals surface area contributed by atoms with Crippen LogP contribution in [0.15, 0.2) is 60.3 Å². The second-order valence-electron chi connectivity index (χ2n) is 6.89. The molecule has 8 nitrogen and oxygen atoms in total. The first-order valence-corrected chi connectivity index (χ1v) is 9.52. The molecule has 1 aliphatic carbocycles. The van der Waals surface area contributed by atoms with E-state index in [4.69, 9.17) is 15.5 Å². The average Bonchev–Trinajstić information content (AvgIpc) is 3.45. The summed E-state index contributed by atoms with van der Waals surface area (Å²) in [7, 11) is 2.01. The highest BCUT2D eigenvalue weighted by Gasteiger charge is 2.20. The van der Waals surface area contributed by atoms with E-state index in [0.29, 0.717) is 0 Å². The molecule has 5 rings (SSSR count). The van der Waals surface area contributed by atoms with E-state index in [2.05, 4.69) is 21.5 Å². The van der Waals surface area contributed by atoms with Crippen molar-refractivity contribution in [3.05, 3.63) is 66.2 Å². The molecule has 0 aliphatic heterocycles. The molecule has 0 saturated carbocycles. The molecule has 8 heteroatoms. The van der Waals surface area contributed by atoms with Gasteiger partial charge in [0.05, 0.1) is 23.7 Å². The van der Waals surface area contributed by atoms with Crippen molar-refractivity contribution in [2.45, 2.75) is 19.8 Å². The molecule has 0 saturated heterocycles. The zero-order valence-electron chi connectivity index (χ0n) is 16.7. The highest BCUT2D eigenvalue weighted by atomic mass is 16.4. The summed E-state index contributed by atoms with van der Waals surface area (Å²) in [5, 5.41) is 23.4. The number of oxime groups is 1. The van der Waals surface area contributed by atoms with Gasteiger partial charge in [-0.05, 0) is 42.7 Å². The van der Waals surface area contributed by atoms with Crippen LogP contribution in [0.1, 0.15) is 24.5 Å². The monoisotopic (exact) mass is 399 g/mol. The van der Waals surface area contributed by atoms with Gasteiger partial charge in [0, 0.05) is 43.8 Å². The second-order valence-corrected chi connectivity index (χ2v) is 6.89. The Morgan fingerprint density at radius 3 is 2.80 bits per heavy atom. The molecule has 1 aliphatic rings. The average molecular weight is 399 g/mol. The number of imidazole rings is 1. The van der Waals surface area contributed by atoms with Crippen LogP contribution in [0.5, 0.6) is 0 Å². The van der Waals surface area contributed by atoms with Gasteiger partial charge in [-0.25, -0.2) is 4.98 Å². The van der Waals surface area contributed by atoms with Crippen LogP contribution in [0.3, 0.4) is 0 Å². The lowest BCUT2D eigenvalue weighted by atomic mass is 10.1. The maximum atomic E-state index is 9.13. The van der Waals surface area contributed by atoms with E-state index in [1.807, 2.05) is 52.7 Å². The van der Waals surface area contributed by atoms with Gasteiger partial charge >= 0.3 is 0 Å². The van der Waals surface area contributed by atoms with Crippen LogP contribution < -0.4 is 5.32 Å². The third-order valence-electron chi connectivity index (χ3n) is 5.05. The van der Waals surface area contributed by atoms with Crippen molar-refractivity contribution in [1.82, 2.24) is 18.9 Å². The van der Waals surface area contributed by atoms with Crippen LogP contribution >= 0.6 is 0 Å². The normalized spacial score (nSPS) is 13.6. The first kappa shape index (κ1) is 19.2. The fourth-order valence-electron chi connectivity index (χ4n) is 3.70. The minimum atomic E-state index is 0.752. The van der Waals surface area contributed by atoms with Crippen LogP contribution in [-0.4, -0.2) is 29.9 Å². The van der Waals surface area contributed by atoms with Crippen molar-refractivity contribution >= 4 is 22.9 Å². The molecule has 0 unspecified atom stereocenters. The van der Waals surface area contributed by atoms with Gasteiger partial charge in [0.1, 0.15) is 11.5 Å². The summed E-state index contributed by atoms with van der Waals surface area (Å²) in [6, 6.07) is 11.9. The Morgan fingerprint density at radius 1 is 1.23 bits per heavy atom. The van der Waals surface area contributed by atoms with Gasteiger partial charge in [-0.15, -0.1) is 0 Å². The number of nitriles is 1. The van der Waals surface area contributed by atoms with E-state index in [9.17, 15) is 0 Å². The third-order valence-corrected chi connectivity index (χ3v) is 5.05. The molecule has 30 heavy (non-hydrogen) atoms. The summed E-state index contributed by atoms with van der Waals surface area (Å²) in [5.41, 5.74) is 6.61. The quantitative estimate of drug-likeness (QED) is 0.398. The number of anilines is 2. The van der Waals surface area contributed by atoms with Crippen LogP contribution in [0.25, 0.3) is 17.0 Å². The van der Waals surface area contributed by atoms with Gasteiger partial charge in [-0.1, -0.05) is 11.2 Å². The minimum absolute atomic E-state index is 0.752. The fourth-order valence-corrected chi connectivity index (χ4v) is 3.70. The number of aromatic nitrogens is 4. The number of benzene rings is 1. The zero-order valence-corrected chi connectivity index (χ0v) is 16.7. The van der Waals surface area contributed by atoms with Gasteiger partial charge in [0.15, 0.2) is 5.65 Å². The Kier molecular flexibility index (Phi) is 5.18. The summed E-state index contributed by atoms with van der Waals surface area (Å²) in [4.78, 5) is 8.96. The van der Waals surface area contributed by atoms with Crippen molar-refractivity contribution < 1.29 is 5.21 Å². The van der Waals surface area contributed by atoms with Crippen molar-refractivity contribution in [3.8, 4) is 17.5 Å². The Morgan fingerprint density at radius 2 is 2.07 bits per heavy atom. The molecular formula is C22H21N7O. The maximum Gasteiger partial charge on any atom is 0.157 e. The largest absolute Gasteiger partial charge is 0.411 e. The molecule has 0 amide bonds. The number of rotatable bonds is 3. The zero-order chi connectivity index (χ0) is 21.1. The Balaban J connectivity index is 0.000000687. The summed E-state index contributed by atoms with van der Waals surface area (Å²) < 4.78 is 4.05. The molecule has 3 aromatic heterocycles. The molecule has 0 atom stereocenters. The number of aryl methyl sites for hydroxylation is 2. The third kappa shape index (κ3) is 3.37. The van der Waals surface area contributed by atoms with Crippen LogP contribution in [0.2, 0.25) is 0 Å². The Bertz CT molecular complexity index is 1280. The van der Waals surface area contributed by atoms with Gasteiger partial charge < -0.3 is 15.1 Å². The molecular weight excluding hydrogens is 378 g/mol. The van der Waals surface area contributed by atoms with E-state index in [0.717, 1.165) is 52.7 Å². The first-order chi connectivity index (χ1) is 14.7. The van der Waals surface area contributed by atoms with Crippen LogP contribution in [-0.2, 0) is 13.5 Å². The number of nitrogens with one attached hydrogen (secondary N) is 1. The van der Waals surface area contributed by atoms with Crippen LogP contribution in [0.4, 0.5) is 11.5 Å². The highest BCUT2D eigenvalue weighted by molar-refractivity contribution is 6.04. The molecule has 150 valence electrons. The predicted octanol–water partition coefficient (Wildman–Crippen LogP) is 4.13. The van der Waals surface area contributed by atoms with Crippen molar-refractivity contribution in [2.75, 3.05) is 5.32 Å². The summed E-state index contributed by atoms with van der Waals surface area (Å²) in [6.45, 7) is 1.43. The molecule has 1 aromatic carbocycles.